The first kappa shape index (κ1) is 38.2. The van der Waals surface area contributed by atoms with Crippen molar-refractivity contribution in [3.63, 3.8) is 0 Å². The molecule has 1 rings (SSSR count). The summed E-state index contributed by atoms with van der Waals surface area (Å²) in [7, 11) is 0. The third kappa shape index (κ3) is 19.5. The normalized spacial score (nSPS) is 13.4. The van der Waals surface area contributed by atoms with Gasteiger partial charge in [0.1, 0.15) is 5.78 Å². The van der Waals surface area contributed by atoms with Gasteiger partial charge in [-0.3, -0.25) is 38.5 Å². The van der Waals surface area contributed by atoms with Crippen molar-refractivity contribution in [2.45, 2.75) is 81.1 Å². The molecule has 1 unspecified atom stereocenters. The van der Waals surface area contributed by atoms with E-state index in [1.54, 1.807) is 6.92 Å². The Morgan fingerprint density at radius 3 is 1.57 bits per heavy atom. The second-order valence-corrected chi connectivity index (χ2v) is 7.22. The average Bonchev–Trinajstić information content (AvgIpc) is 3.14. The Labute approximate surface area is 221 Å². The Kier molecular flexibility index (Phi) is 25.2. The van der Waals surface area contributed by atoms with Gasteiger partial charge in [0, 0.05) is 38.3 Å². The number of carbonyl (C=O) groups is 7. The number of hydrogen-bond acceptors (Lipinski definition) is 7. The van der Waals surface area contributed by atoms with Gasteiger partial charge in [-0.25, -0.2) is 0 Å². The van der Waals surface area contributed by atoms with E-state index >= 15 is 0 Å². The SMILES string of the molecule is CC.CC.CC.CC(=O)CCNC(=O)CNC(=O)CNC(=O)CNC(=O)CCCN1C(=O)CC(C)C1=O. The number of likely N-dealkylation sites (tertiary alicyclic amines) is 1. The van der Waals surface area contributed by atoms with Gasteiger partial charge in [-0.2, -0.15) is 0 Å². The molecule has 12 nitrogen and oxygen atoms in total. The van der Waals surface area contributed by atoms with Crippen LogP contribution in [0, 0.1) is 5.92 Å². The van der Waals surface area contributed by atoms with Crippen LogP contribution in [-0.2, 0) is 33.6 Å². The van der Waals surface area contributed by atoms with Gasteiger partial charge in [-0.05, 0) is 13.3 Å². The lowest BCUT2D eigenvalue weighted by molar-refractivity contribution is -0.139. The lowest BCUT2D eigenvalue weighted by atomic mass is 10.1. The highest BCUT2D eigenvalue weighted by molar-refractivity contribution is 6.03. The highest BCUT2D eigenvalue weighted by atomic mass is 16.2. The Morgan fingerprint density at radius 2 is 1.16 bits per heavy atom. The summed E-state index contributed by atoms with van der Waals surface area (Å²) in [4.78, 5) is 81.8. The molecule has 214 valence electrons. The standard InChI is InChI=1S/C19H29N5O7.3C2H6/c1-12-8-18(30)24(19(12)31)7-3-4-14(26)21-10-16(28)23-11-17(29)22-9-15(27)20-6-5-13(2)25;3*1-2/h12H,3-11H2,1-2H3,(H,20,27)(H,21,26)(H,22,29)(H,23,28);3*1-2H3. The van der Waals surface area contributed by atoms with E-state index in [9.17, 15) is 33.6 Å². The van der Waals surface area contributed by atoms with Crippen LogP contribution in [0.15, 0.2) is 0 Å². The molecule has 0 bridgehead atoms. The topological polar surface area (TPSA) is 171 Å². The molecule has 6 amide bonds. The average molecular weight is 530 g/mol. The zero-order valence-corrected chi connectivity index (χ0v) is 23.7. The van der Waals surface area contributed by atoms with Crippen LogP contribution in [0.3, 0.4) is 0 Å². The van der Waals surface area contributed by atoms with E-state index < -0.39 is 23.6 Å². The summed E-state index contributed by atoms with van der Waals surface area (Å²) in [6.07, 6.45) is 0.713. The lowest BCUT2D eigenvalue weighted by Crippen LogP contribution is -2.44. The minimum atomic E-state index is -0.590. The summed E-state index contributed by atoms with van der Waals surface area (Å²) in [6.45, 7) is 14.4. The minimum absolute atomic E-state index is 0.0396. The second kappa shape index (κ2) is 24.4. The van der Waals surface area contributed by atoms with Crippen molar-refractivity contribution in [3.05, 3.63) is 0 Å². The Bertz CT molecular complexity index is 741. The molecule has 0 aromatic carbocycles. The molecule has 12 heteroatoms. The van der Waals surface area contributed by atoms with Crippen LogP contribution in [0.5, 0.6) is 0 Å². The van der Waals surface area contributed by atoms with Crippen molar-refractivity contribution in [3.8, 4) is 0 Å². The van der Waals surface area contributed by atoms with E-state index in [4.69, 9.17) is 0 Å². The van der Waals surface area contributed by atoms with Gasteiger partial charge in [0.2, 0.25) is 35.4 Å². The monoisotopic (exact) mass is 529 g/mol. The summed E-state index contributed by atoms with van der Waals surface area (Å²) in [6, 6.07) is 0. The van der Waals surface area contributed by atoms with Gasteiger partial charge in [0.25, 0.3) is 0 Å². The van der Waals surface area contributed by atoms with E-state index in [1.165, 1.54) is 6.92 Å². The molecule has 1 aliphatic heterocycles. The first-order chi connectivity index (χ1) is 17.6. The van der Waals surface area contributed by atoms with Crippen LogP contribution in [0.25, 0.3) is 0 Å². The van der Waals surface area contributed by atoms with E-state index in [1.807, 2.05) is 41.5 Å². The van der Waals surface area contributed by atoms with Crippen LogP contribution in [0.1, 0.15) is 81.1 Å². The molecule has 0 aromatic heterocycles. The number of ketones is 1. The molecule has 0 aliphatic carbocycles. The number of hydrogen-bond donors (Lipinski definition) is 4. The van der Waals surface area contributed by atoms with Crippen LogP contribution < -0.4 is 21.3 Å². The molecule has 1 atom stereocenters. The maximum Gasteiger partial charge on any atom is 0.239 e. The number of nitrogens with zero attached hydrogens (tertiary/aromatic N) is 1. The fourth-order valence-corrected chi connectivity index (χ4v) is 2.67. The smallest absolute Gasteiger partial charge is 0.239 e. The van der Waals surface area contributed by atoms with Crippen LogP contribution in [0.2, 0.25) is 0 Å². The third-order valence-electron chi connectivity index (χ3n) is 4.39. The van der Waals surface area contributed by atoms with E-state index in [2.05, 4.69) is 21.3 Å². The molecule has 1 fully saturated rings. The molecule has 1 heterocycles. The fourth-order valence-electron chi connectivity index (χ4n) is 2.67. The van der Waals surface area contributed by atoms with Gasteiger partial charge in [0.15, 0.2) is 0 Å². The van der Waals surface area contributed by atoms with Crippen molar-refractivity contribution < 1.29 is 33.6 Å². The van der Waals surface area contributed by atoms with Gasteiger partial charge >= 0.3 is 0 Å². The highest BCUT2D eigenvalue weighted by Crippen LogP contribution is 2.18. The zero-order chi connectivity index (χ0) is 29.4. The van der Waals surface area contributed by atoms with E-state index in [-0.39, 0.29) is 81.9 Å². The molecule has 0 saturated carbocycles. The summed E-state index contributed by atoms with van der Waals surface area (Å²) >= 11 is 0. The van der Waals surface area contributed by atoms with Crippen molar-refractivity contribution >= 4 is 41.2 Å². The summed E-state index contributed by atoms with van der Waals surface area (Å²) in [5.41, 5.74) is 0. The zero-order valence-electron chi connectivity index (χ0n) is 23.7. The van der Waals surface area contributed by atoms with Gasteiger partial charge < -0.3 is 21.3 Å². The van der Waals surface area contributed by atoms with Crippen LogP contribution >= 0.6 is 0 Å². The van der Waals surface area contributed by atoms with E-state index in [0.717, 1.165) is 4.90 Å². The van der Waals surface area contributed by atoms with Crippen molar-refractivity contribution in [1.29, 1.82) is 0 Å². The van der Waals surface area contributed by atoms with Crippen LogP contribution in [0.4, 0.5) is 0 Å². The van der Waals surface area contributed by atoms with Crippen molar-refractivity contribution in [1.82, 2.24) is 26.2 Å². The predicted octanol–water partition coefficient (Wildman–Crippen LogP) is 0.684. The maximum absolute atomic E-state index is 11.8. The molecular formula is C25H47N5O7. The number of Topliss-reactive ketones (excluding diaryl/α,β-unsaturated/α-hetero) is 1. The molecule has 0 spiro atoms. The fraction of sp³-hybridized carbons (Fsp3) is 0.720. The lowest BCUT2D eigenvalue weighted by Gasteiger charge is -2.13. The molecule has 4 N–H and O–H groups in total. The molecule has 0 radical (unpaired) electrons. The first-order valence-corrected chi connectivity index (χ1v) is 13.0. The predicted molar refractivity (Wildman–Crippen MR) is 141 cm³/mol. The number of rotatable bonds is 13. The van der Waals surface area contributed by atoms with Crippen LogP contribution in [-0.4, -0.2) is 78.9 Å². The van der Waals surface area contributed by atoms with Gasteiger partial charge in [-0.1, -0.05) is 48.5 Å². The Balaban J connectivity index is -0.00000179. The van der Waals surface area contributed by atoms with Gasteiger partial charge in [0.05, 0.1) is 19.6 Å². The number of imide groups is 1. The highest BCUT2D eigenvalue weighted by Gasteiger charge is 2.34. The molecule has 1 aliphatic rings. The molecule has 1 saturated heterocycles. The summed E-state index contributed by atoms with van der Waals surface area (Å²) in [5, 5.41) is 9.45. The Morgan fingerprint density at radius 1 is 0.730 bits per heavy atom. The quantitative estimate of drug-likeness (QED) is 0.254. The summed E-state index contributed by atoms with van der Waals surface area (Å²) in [5.74, 6) is -2.94. The van der Waals surface area contributed by atoms with Crippen molar-refractivity contribution in [2.75, 3.05) is 32.7 Å². The number of carbonyl (C=O) groups excluding carboxylic acids is 7. The maximum atomic E-state index is 11.8. The second-order valence-electron chi connectivity index (χ2n) is 7.22. The van der Waals surface area contributed by atoms with E-state index in [0.29, 0.717) is 0 Å². The first-order valence-electron chi connectivity index (χ1n) is 13.0. The number of amides is 6. The molecule has 37 heavy (non-hydrogen) atoms. The minimum Gasteiger partial charge on any atom is -0.354 e. The Hall–Kier alpha value is -3.31. The van der Waals surface area contributed by atoms with Crippen molar-refractivity contribution in [2.24, 2.45) is 5.92 Å². The largest absolute Gasteiger partial charge is 0.354 e. The molecule has 0 aromatic rings. The van der Waals surface area contributed by atoms with Gasteiger partial charge in [-0.15, -0.1) is 0 Å². The molecular weight excluding hydrogens is 482 g/mol. The third-order valence-corrected chi connectivity index (χ3v) is 4.39. The number of nitrogens with one attached hydrogen (secondary N) is 4. The summed E-state index contributed by atoms with van der Waals surface area (Å²) < 4.78 is 0.